The third-order valence-electron chi connectivity index (χ3n) is 5.27. The van der Waals surface area contributed by atoms with Gasteiger partial charge in [-0.1, -0.05) is 36.4 Å². The number of fused-ring (bicyclic) bond motifs is 3. The molecule has 1 aliphatic heterocycles. The highest BCUT2D eigenvalue weighted by molar-refractivity contribution is 6.13. The summed E-state index contributed by atoms with van der Waals surface area (Å²) < 4.78 is 6.93. The highest BCUT2D eigenvalue weighted by Crippen LogP contribution is 2.40. The SMILES string of the molecule is CCOC(=O)C1=C(N)c2cc3c([N+](=O)[O-])c([N+](=O)[O-])ccc3n2CC=C1c1ccccc1. The van der Waals surface area contributed by atoms with Crippen molar-refractivity contribution in [3.8, 4) is 0 Å². The molecule has 0 amide bonds. The van der Waals surface area contributed by atoms with Crippen molar-refractivity contribution in [2.45, 2.75) is 13.5 Å². The van der Waals surface area contributed by atoms with Gasteiger partial charge < -0.3 is 15.0 Å². The van der Waals surface area contributed by atoms with Crippen molar-refractivity contribution in [2.75, 3.05) is 6.61 Å². The van der Waals surface area contributed by atoms with Gasteiger partial charge in [0.15, 0.2) is 0 Å². The van der Waals surface area contributed by atoms with E-state index in [1.165, 1.54) is 12.1 Å². The van der Waals surface area contributed by atoms with Crippen LogP contribution in [0.4, 0.5) is 11.4 Å². The van der Waals surface area contributed by atoms with Crippen LogP contribution in [0.25, 0.3) is 22.2 Å². The van der Waals surface area contributed by atoms with Crippen molar-refractivity contribution in [2.24, 2.45) is 5.73 Å². The van der Waals surface area contributed by atoms with Crippen LogP contribution in [0.2, 0.25) is 0 Å². The van der Waals surface area contributed by atoms with Crippen molar-refractivity contribution in [1.29, 1.82) is 0 Å². The normalized spacial score (nSPS) is 13.3. The summed E-state index contributed by atoms with van der Waals surface area (Å²) in [6, 6.07) is 13.2. The molecule has 1 aliphatic rings. The Bertz CT molecular complexity index is 1340. The summed E-state index contributed by atoms with van der Waals surface area (Å²) in [6.07, 6.45) is 1.79. The monoisotopic (exact) mass is 434 g/mol. The predicted octanol–water partition coefficient (Wildman–Crippen LogP) is 3.79. The van der Waals surface area contributed by atoms with Crippen LogP contribution in [-0.2, 0) is 16.1 Å². The molecule has 0 saturated carbocycles. The molecular formula is C22H18N4O6. The molecule has 0 unspecified atom stereocenters. The van der Waals surface area contributed by atoms with Gasteiger partial charge in [0.2, 0.25) is 0 Å². The van der Waals surface area contributed by atoms with Crippen LogP contribution in [0.3, 0.4) is 0 Å². The Morgan fingerprint density at radius 2 is 1.84 bits per heavy atom. The zero-order chi connectivity index (χ0) is 23.0. The third-order valence-corrected chi connectivity index (χ3v) is 5.27. The van der Waals surface area contributed by atoms with E-state index in [1.54, 1.807) is 17.6 Å². The second-order valence-corrected chi connectivity index (χ2v) is 7.01. The molecule has 2 heterocycles. The van der Waals surface area contributed by atoms with E-state index >= 15 is 0 Å². The maximum absolute atomic E-state index is 12.9. The molecule has 0 spiro atoms. The van der Waals surface area contributed by atoms with Crippen LogP contribution < -0.4 is 5.73 Å². The zero-order valence-electron chi connectivity index (χ0n) is 17.0. The predicted molar refractivity (Wildman–Crippen MR) is 117 cm³/mol. The lowest BCUT2D eigenvalue weighted by atomic mass is 9.95. The van der Waals surface area contributed by atoms with Gasteiger partial charge in [-0.15, -0.1) is 0 Å². The molecule has 10 heteroatoms. The van der Waals surface area contributed by atoms with Gasteiger partial charge in [0.1, 0.15) is 0 Å². The molecule has 0 atom stereocenters. The number of nitro groups is 2. The lowest BCUT2D eigenvalue weighted by Crippen LogP contribution is -2.15. The first kappa shape index (κ1) is 20.8. The molecule has 3 aromatic rings. The van der Waals surface area contributed by atoms with E-state index in [1.807, 2.05) is 30.3 Å². The molecule has 2 aromatic carbocycles. The Morgan fingerprint density at radius 3 is 2.47 bits per heavy atom. The first-order chi connectivity index (χ1) is 15.3. The van der Waals surface area contributed by atoms with Gasteiger partial charge in [-0.2, -0.15) is 0 Å². The minimum atomic E-state index is -0.795. The fourth-order valence-electron chi connectivity index (χ4n) is 3.93. The fraction of sp³-hybridized carbons (Fsp3) is 0.136. The average Bonchev–Trinajstić information content (AvgIpc) is 3.07. The molecule has 0 radical (unpaired) electrons. The first-order valence-corrected chi connectivity index (χ1v) is 9.73. The molecule has 0 bridgehead atoms. The number of carbonyl (C=O) groups is 1. The number of nitrogens with two attached hydrogens (primary N) is 1. The molecule has 2 N–H and O–H groups in total. The molecule has 0 fully saturated rings. The smallest absolute Gasteiger partial charge is 0.355 e. The largest absolute Gasteiger partial charge is 0.462 e. The maximum Gasteiger partial charge on any atom is 0.355 e. The van der Waals surface area contributed by atoms with Crippen LogP contribution in [0.1, 0.15) is 18.2 Å². The lowest BCUT2D eigenvalue weighted by molar-refractivity contribution is -0.421. The number of rotatable bonds is 5. The van der Waals surface area contributed by atoms with Gasteiger partial charge in [0.25, 0.3) is 0 Å². The molecule has 162 valence electrons. The number of benzene rings is 2. The van der Waals surface area contributed by atoms with Crippen molar-refractivity contribution in [3.63, 3.8) is 0 Å². The number of allylic oxidation sites excluding steroid dienone is 1. The van der Waals surface area contributed by atoms with E-state index in [-0.39, 0.29) is 29.8 Å². The molecule has 0 saturated heterocycles. The van der Waals surface area contributed by atoms with Gasteiger partial charge in [-0.25, -0.2) is 4.79 Å². The lowest BCUT2D eigenvalue weighted by Gasteiger charge is -2.13. The minimum absolute atomic E-state index is 0.0712. The number of esters is 1. The first-order valence-electron chi connectivity index (χ1n) is 9.73. The number of aromatic nitrogens is 1. The van der Waals surface area contributed by atoms with Crippen LogP contribution in [0, 0.1) is 20.2 Å². The molecule has 4 rings (SSSR count). The van der Waals surface area contributed by atoms with E-state index in [9.17, 15) is 25.0 Å². The van der Waals surface area contributed by atoms with Gasteiger partial charge in [-0.3, -0.25) is 20.2 Å². The van der Waals surface area contributed by atoms with E-state index in [0.29, 0.717) is 16.8 Å². The molecule has 10 nitrogen and oxygen atoms in total. The molecule has 32 heavy (non-hydrogen) atoms. The summed E-state index contributed by atoms with van der Waals surface area (Å²) >= 11 is 0. The molecule has 1 aromatic heterocycles. The Labute approximate surface area is 181 Å². The number of nitro benzene ring substituents is 2. The summed E-state index contributed by atoms with van der Waals surface area (Å²) in [7, 11) is 0. The summed E-state index contributed by atoms with van der Waals surface area (Å²) in [5.41, 5.74) is 7.50. The fourth-order valence-corrected chi connectivity index (χ4v) is 3.93. The van der Waals surface area contributed by atoms with Crippen molar-refractivity contribution in [1.82, 2.24) is 4.57 Å². The average molecular weight is 434 g/mol. The number of hydrogen-bond donors (Lipinski definition) is 1. The van der Waals surface area contributed by atoms with Crippen molar-refractivity contribution >= 4 is 39.5 Å². The van der Waals surface area contributed by atoms with Crippen LogP contribution in [-0.4, -0.2) is 27.0 Å². The Kier molecular flexibility index (Phi) is 5.19. The summed E-state index contributed by atoms with van der Waals surface area (Å²) in [4.78, 5) is 34.3. The van der Waals surface area contributed by atoms with Gasteiger partial charge in [0, 0.05) is 12.6 Å². The van der Waals surface area contributed by atoms with Gasteiger partial charge in [-0.05, 0) is 30.2 Å². The van der Waals surface area contributed by atoms with E-state index < -0.39 is 27.2 Å². The highest BCUT2D eigenvalue weighted by Gasteiger charge is 2.32. The van der Waals surface area contributed by atoms with E-state index in [2.05, 4.69) is 0 Å². The van der Waals surface area contributed by atoms with Crippen LogP contribution in [0.15, 0.2) is 60.2 Å². The van der Waals surface area contributed by atoms with Crippen molar-refractivity contribution in [3.05, 3.63) is 91.7 Å². The topological polar surface area (TPSA) is 144 Å². The van der Waals surface area contributed by atoms with Crippen LogP contribution in [0.5, 0.6) is 0 Å². The van der Waals surface area contributed by atoms with E-state index in [0.717, 1.165) is 11.6 Å². The number of carbonyl (C=O) groups excluding carboxylic acids is 1. The molecule has 0 aliphatic carbocycles. The number of nitrogens with zero attached hydrogens (tertiary/aromatic N) is 3. The highest BCUT2D eigenvalue weighted by atomic mass is 16.6. The third kappa shape index (κ3) is 3.27. The minimum Gasteiger partial charge on any atom is -0.462 e. The Hall–Kier alpha value is -4.47. The number of ether oxygens (including phenoxy) is 1. The maximum atomic E-state index is 12.9. The van der Waals surface area contributed by atoms with Crippen molar-refractivity contribution < 1.29 is 19.4 Å². The zero-order valence-corrected chi connectivity index (χ0v) is 17.0. The summed E-state index contributed by atoms with van der Waals surface area (Å²) in [5, 5.41) is 23.1. The second kappa shape index (κ2) is 7.99. The van der Waals surface area contributed by atoms with Gasteiger partial charge in [0.05, 0.1) is 44.3 Å². The summed E-state index contributed by atoms with van der Waals surface area (Å²) in [5.74, 6) is -0.626. The molecular weight excluding hydrogens is 416 g/mol. The standard InChI is InChI=1S/C22H18N4O6/c1-2-32-22(27)19-14(13-6-4-3-5-7-13)10-11-24-16-8-9-17(25(28)29)21(26(30)31)15(16)12-18(24)20(19)23/h3-10,12H,2,11,23H2,1H3. The second-order valence-electron chi connectivity index (χ2n) is 7.01. The number of hydrogen-bond acceptors (Lipinski definition) is 7. The van der Waals surface area contributed by atoms with Crippen LogP contribution >= 0.6 is 0 Å². The summed E-state index contributed by atoms with van der Waals surface area (Å²) in [6.45, 7) is 2.05. The van der Waals surface area contributed by atoms with E-state index in [4.69, 9.17) is 10.5 Å². The Morgan fingerprint density at radius 1 is 1.12 bits per heavy atom. The Balaban J connectivity index is 2.03. The van der Waals surface area contributed by atoms with Gasteiger partial charge >= 0.3 is 17.3 Å². The quantitative estimate of drug-likeness (QED) is 0.365.